The van der Waals surface area contributed by atoms with Gasteiger partial charge in [0.05, 0.1) is 13.5 Å². The van der Waals surface area contributed by atoms with Crippen LogP contribution in [0.1, 0.15) is 6.42 Å². The molecular weight excluding hydrogens is 177 g/mol. The normalized spacial score (nSPS) is 14.1. The Labute approximate surface area is 66.8 Å². The van der Waals surface area contributed by atoms with Gasteiger partial charge in [0.25, 0.3) is 0 Å². The van der Waals surface area contributed by atoms with Crippen molar-refractivity contribution in [2.45, 2.75) is 18.6 Å². The molecule has 0 aromatic heterocycles. The molecule has 0 saturated heterocycles. The summed E-state index contributed by atoms with van der Waals surface area (Å²) in [6.07, 6.45) is -5.36. The first kappa shape index (κ1) is 11.2. The molecule has 0 bridgehead atoms. The highest BCUT2D eigenvalue weighted by atomic mass is 19.4. The average Bonchev–Trinajstić information content (AvgIpc) is 1.97. The lowest BCUT2D eigenvalue weighted by Crippen LogP contribution is -2.47. The number of halogens is 3. The van der Waals surface area contributed by atoms with E-state index in [1.807, 2.05) is 0 Å². The van der Waals surface area contributed by atoms with Gasteiger partial charge in [-0.05, 0) is 0 Å². The van der Waals surface area contributed by atoms with Crippen LogP contribution in [-0.2, 0) is 9.53 Å². The standard InChI is InChI=1S/C5H9F3N2O2/c1-12-4(11)2-3(10-9)5(6,7)8/h3,10H,2,9H2,1H3/t3-/m0/s1. The van der Waals surface area contributed by atoms with Gasteiger partial charge in [0.2, 0.25) is 0 Å². The van der Waals surface area contributed by atoms with Gasteiger partial charge in [0.15, 0.2) is 0 Å². The predicted molar refractivity (Wildman–Crippen MR) is 33.8 cm³/mol. The summed E-state index contributed by atoms with van der Waals surface area (Å²) in [7, 11) is 1.01. The highest BCUT2D eigenvalue weighted by Crippen LogP contribution is 2.21. The number of alkyl halides is 3. The molecule has 0 aromatic carbocycles. The van der Waals surface area contributed by atoms with Gasteiger partial charge in [-0.15, -0.1) is 0 Å². The van der Waals surface area contributed by atoms with Crippen LogP contribution < -0.4 is 11.3 Å². The molecule has 0 unspecified atom stereocenters. The van der Waals surface area contributed by atoms with Gasteiger partial charge in [-0.1, -0.05) is 0 Å². The Morgan fingerprint density at radius 3 is 2.42 bits per heavy atom. The van der Waals surface area contributed by atoms with Crippen LogP contribution in [0, 0.1) is 0 Å². The summed E-state index contributed by atoms with van der Waals surface area (Å²) < 4.78 is 39.6. The summed E-state index contributed by atoms with van der Waals surface area (Å²) in [6, 6.07) is -2.05. The summed E-state index contributed by atoms with van der Waals surface area (Å²) in [6.45, 7) is 0. The van der Waals surface area contributed by atoms with E-state index in [1.54, 1.807) is 0 Å². The number of hydrogen-bond donors (Lipinski definition) is 2. The van der Waals surface area contributed by atoms with Crippen molar-refractivity contribution in [1.29, 1.82) is 0 Å². The van der Waals surface area contributed by atoms with Crippen LogP contribution in [-0.4, -0.2) is 25.3 Å². The summed E-state index contributed by atoms with van der Waals surface area (Å²) in [5.74, 6) is 3.62. The minimum absolute atomic E-state index is 0.823. The van der Waals surface area contributed by atoms with Crippen LogP contribution in [0.3, 0.4) is 0 Å². The van der Waals surface area contributed by atoms with Crippen LogP contribution in [0.4, 0.5) is 13.2 Å². The third-order valence-corrected chi connectivity index (χ3v) is 1.19. The van der Waals surface area contributed by atoms with Gasteiger partial charge in [-0.25, -0.2) is 5.43 Å². The third-order valence-electron chi connectivity index (χ3n) is 1.19. The topological polar surface area (TPSA) is 64.3 Å². The maximum atomic E-state index is 11.9. The quantitative estimate of drug-likeness (QED) is 0.368. The van der Waals surface area contributed by atoms with Crippen molar-refractivity contribution >= 4 is 5.97 Å². The summed E-state index contributed by atoms with van der Waals surface area (Å²) in [4.78, 5) is 10.4. The van der Waals surface area contributed by atoms with Crippen molar-refractivity contribution in [3.63, 3.8) is 0 Å². The zero-order chi connectivity index (χ0) is 9.78. The Morgan fingerprint density at radius 1 is 1.67 bits per heavy atom. The molecule has 12 heavy (non-hydrogen) atoms. The van der Waals surface area contributed by atoms with Crippen LogP contribution >= 0.6 is 0 Å². The smallest absolute Gasteiger partial charge is 0.405 e. The summed E-state index contributed by atoms with van der Waals surface area (Å²) >= 11 is 0. The number of carbonyl (C=O) groups is 1. The molecule has 0 heterocycles. The van der Waals surface area contributed by atoms with Gasteiger partial charge in [-0.3, -0.25) is 10.6 Å². The number of rotatable bonds is 3. The highest BCUT2D eigenvalue weighted by molar-refractivity contribution is 5.70. The van der Waals surface area contributed by atoms with Gasteiger partial charge in [0, 0.05) is 0 Å². The molecule has 0 rings (SSSR count). The summed E-state index contributed by atoms with van der Waals surface area (Å²) in [5, 5.41) is 0. The van der Waals surface area contributed by atoms with Gasteiger partial charge in [0.1, 0.15) is 6.04 Å². The molecule has 1 atom stereocenters. The molecule has 0 radical (unpaired) electrons. The van der Waals surface area contributed by atoms with E-state index >= 15 is 0 Å². The first-order valence-electron chi connectivity index (χ1n) is 3.01. The van der Waals surface area contributed by atoms with Crippen molar-refractivity contribution in [2.75, 3.05) is 7.11 Å². The Bertz CT molecular complexity index is 159. The fourth-order valence-corrected chi connectivity index (χ4v) is 0.519. The zero-order valence-electron chi connectivity index (χ0n) is 6.31. The number of nitrogens with two attached hydrogens (primary N) is 1. The van der Waals surface area contributed by atoms with Crippen LogP contribution in [0.15, 0.2) is 0 Å². The lowest BCUT2D eigenvalue weighted by atomic mass is 10.2. The highest BCUT2D eigenvalue weighted by Gasteiger charge is 2.40. The molecule has 4 nitrogen and oxygen atoms in total. The number of esters is 1. The second kappa shape index (κ2) is 4.27. The number of ether oxygens (including phenoxy) is 1. The molecular formula is C5H9F3N2O2. The molecule has 0 saturated carbocycles. The lowest BCUT2D eigenvalue weighted by Gasteiger charge is -2.17. The van der Waals surface area contributed by atoms with Crippen molar-refractivity contribution in [1.82, 2.24) is 5.43 Å². The van der Waals surface area contributed by atoms with Crippen molar-refractivity contribution in [3.05, 3.63) is 0 Å². The lowest BCUT2D eigenvalue weighted by molar-refractivity contribution is -0.168. The van der Waals surface area contributed by atoms with Gasteiger partial charge in [-0.2, -0.15) is 13.2 Å². The largest absolute Gasteiger partial charge is 0.469 e. The van der Waals surface area contributed by atoms with Crippen LogP contribution in [0.5, 0.6) is 0 Å². The number of nitrogens with one attached hydrogen (secondary N) is 1. The Kier molecular flexibility index (Phi) is 3.98. The monoisotopic (exact) mass is 186 g/mol. The van der Waals surface area contributed by atoms with Gasteiger partial charge < -0.3 is 4.74 Å². The van der Waals surface area contributed by atoms with E-state index in [1.165, 1.54) is 5.43 Å². The van der Waals surface area contributed by atoms with E-state index < -0.39 is 24.6 Å². The molecule has 0 spiro atoms. The molecule has 7 heteroatoms. The molecule has 72 valence electrons. The maximum Gasteiger partial charge on any atom is 0.405 e. The molecule has 0 aliphatic heterocycles. The van der Waals surface area contributed by atoms with Crippen molar-refractivity contribution < 1.29 is 22.7 Å². The van der Waals surface area contributed by atoms with E-state index in [-0.39, 0.29) is 0 Å². The minimum atomic E-state index is -4.54. The zero-order valence-corrected chi connectivity index (χ0v) is 6.31. The summed E-state index contributed by atoms with van der Waals surface area (Å²) in [5.41, 5.74) is 1.48. The van der Waals surface area contributed by atoms with Crippen molar-refractivity contribution in [3.8, 4) is 0 Å². The molecule has 0 aliphatic rings. The van der Waals surface area contributed by atoms with Crippen molar-refractivity contribution in [2.24, 2.45) is 5.84 Å². The SMILES string of the molecule is COC(=O)C[C@H](NN)C(F)(F)F. The van der Waals surface area contributed by atoms with Crippen LogP contribution in [0.25, 0.3) is 0 Å². The Morgan fingerprint density at radius 2 is 2.17 bits per heavy atom. The average molecular weight is 186 g/mol. The second-order valence-electron chi connectivity index (χ2n) is 2.04. The molecule has 0 fully saturated rings. The molecule has 3 N–H and O–H groups in total. The van der Waals surface area contributed by atoms with E-state index in [9.17, 15) is 18.0 Å². The Balaban J connectivity index is 4.09. The maximum absolute atomic E-state index is 11.9. The Hall–Kier alpha value is -0.820. The fraction of sp³-hybridized carbons (Fsp3) is 0.800. The van der Waals surface area contributed by atoms with E-state index in [2.05, 4.69) is 10.6 Å². The second-order valence-corrected chi connectivity index (χ2v) is 2.04. The van der Waals surface area contributed by atoms with E-state index in [4.69, 9.17) is 0 Å². The van der Waals surface area contributed by atoms with E-state index in [0.29, 0.717) is 0 Å². The predicted octanol–water partition coefficient (Wildman–Crippen LogP) is -0.0563. The first-order chi connectivity index (χ1) is 5.41. The number of hydrogen-bond acceptors (Lipinski definition) is 4. The third kappa shape index (κ3) is 3.54. The van der Waals surface area contributed by atoms with Gasteiger partial charge >= 0.3 is 12.1 Å². The first-order valence-corrected chi connectivity index (χ1v) is 3.01. The fourth-order valence-electron chi connectivity index (χ4n) is 0.519. The molecule has 0 aliphatic carbocycles. The molecule has 0 aromatic rings. The molecule has 0 amide bonds. The number of methoxy groups -OCH3 is 1. The van der Waals surface area contributed by atoms with Crippen LogP contribution in [0.2, 0.25) is 0 Å². The number of carbonyl (C=O) groups excluding carboxylic acids is 1. The van der Waals surface area contributed by atoms with E-state index in [0.717, 1.165) is 7.11 Å². The number of hydrazine groups is 1. The minimum Gasteiger partial charge on any atom is -0.469 e.